The van der Waals surface area contributed by atoms with Gasteiger partial charge in [-0.1, -0.05) is 15.9 Å². The van der Waals surface area contributed by atoms with Crippen LogP contribution in [-0.2, 0) is 0 Å². The van der Waals surface area contributed by atoms with Gasteiger partial charge in [0.25, 0.3) is 0 Å². The van der Waals surface area contributed by atoms with Gasteiger partial charge < -0.3 is 4.43 Å². The summed E-state index contributed by atoms with van der Waals surface area (Å²) in [6.45, 7) is 6.55. The Morgan fingerprint density at radius 3 is 2.46 bits per heavy atom. The summed E-state index contributed by atoms with van der Waals surface area (Å²) in [5.41, 5.74) is 0. The summed E-state index contributed by atoms with van der Waals surface area (Å²) in [5.74, 6) is 0.995. The summed E-state index contributed by atoms with van der Waals surface area (Å²) >= 11 is 5.73. The predicted molar refractivity (Wildman–Crippen MR) is 70.8 cm³/mol. The molecule has 0 saturated heterocycles. The van der Waals surface area contributed by atoms with Gasteiger partial charge in [-0.05, 0) is 60.4 Å². The lowest BCUT2D eigenvalue weighted by Crippen LogP contribution is -2.29. The van der Waals surface area contributed by atoms with Crippen molar-refractivity contribution in [1.29, 1.82) is 0 Å². The maximum Gasteiger partial charge on any atom is 0.242 e. The Kier molecular flexibility index (Phi) is 3.82. The average molecular weight is 371 g/mol. The third-order valence-corrected chi connectivity index (χ3v) is 3.53. The maximum atomic E-state index is 5.91. The minimum absolute atomic E-state index is 0.995. The van der Waals surface area contributed by atoms with E-state index < -0.39 is 8.32 Å². The Morgan fingerprint density at radius 1 is 1.31 bits per heavy atom. The largest absolute Gasteiger partial charge is 0.544 e. The second kappa shape index (κ2) is 4.31. The number of halogens is 2. The summed E-state index contributed by atoms with van der Waals surface area (Å²) in [5, 5.41) is 0. The normalized spacial score (nSPS) is 11.5. The molecule has 0 saturated carbocycles. The van der Waals surface area contributed by atoms with Gasteiger partial charge in [-0.25, -0.2) is 0 Å². The Balaban J connectivity index is 2.94. The van der Waals surface area contributed by atoms with Crippen molar-refractivity contribution in [3.8, 4) is 5.75 Å². The lowest BCUT2D eigenvalue weighted by atomic mass is 10.3. The summed E-state index contributed by atoms with van der Waals surface area (Å²) in [7, 11) is -1.48. The zero-order valence-corrected chi connectivity index (χ0v) is 12.6. The first kappa shape index (κ1) is 11.5. The molecule has 72 valence electrons. The molecule has 13 heavy (non-hydrogen) atoms. The first-order valence-corrected chi connectivity index (χ1v) is 9.30. The molecule has 0 heterocycles. The summed E-state index contributed by atoms with van der Waals surface area (Å²) in [4.78, 5) is 0. The highest BCUT2D eigenvalue weighted by molar-refractivity contribution is 14.1. The molecule has 4 heteroatoms. The van der Waals surface area contributed by atoms with E-state index >= 15 is 0 Å². The molecular weight excluding hydrogens is 359 g/mol. The van der Waals surface area contributed by atoms with Crippen molar-refractivity contribution in [2.24, 2.45) is 0 Å². The van der Waals surface area contributed by atoms with Gasteiger partial charge in [0.1, 0.15) is 5.75 Å². The average Bonchev–Trinajstić information content (AvgIpc) is 1.94. The van der Waals surface area contributed by atoms with Gasteiger partial charge in [-0.15, -0.1) is 0 Å². The molecule has 1 nitrogen and oxygen atoms in total. The van der Waals surface area contributed by atoms with Crippen molar-refractivity contribution < 1.29 is 4.43 Å². The fourth-order valence-corrected chi connectivity index (χ4v) is 2.71. The van der Waals surface area contributed by atoms with Crippen LogP contribution in [0.4, 0.5) is 0 Å². The van der Waals surface area contributed by atoms with Crippen LogP contribution in [0.2, 0.25) is 19.6 Å². The van der Waals surface area contributed by atoms with Gasteiger partial charge in [-0.3, -0.25) is 0 Å². The minimum Gasteiger partial charge on any atom is -0.544 e. The molecule has 0 fully saturated rings. The first-order chi connectivity index (χ1) is 5.88. The van der Waals surface area contributed by atoms with Crippen LogP contribution in [-0.4, -0.2) is 8.32 Å². The molecule has 0 N–H and O–H groups in total. The van der Waals surface area contributed by atoms with Crippen molar-refractivity contribution in [3.63, 3.8) is 0 Å². The molecule has 0 aliphatic heterocycles. The second-order valence-electron chi connectivity index (χ2n) is 3.79. The van der Waals surface area contributed by atoms with Crippen LogP contribution in [0.1, 0.15) is 0 Å². The highest BCUT2D eigenvalue weighted by Gasteiger charge is 2.17. The molecule has 0 bridgehead atoms. The van der Waals surface area contributed by atoms with Crippen LogP contribution in [0.3, 0.4) is 0 Å². The Morgan fingerprint density at radius 2 is 1.92 bits per heavy atom. The molecule has 0 unspecified atom stereocenters. The minimum atomic E-state index is -1.48. The zero-order valence-electron chi connectivity index (χ0n) is 7.90. The van der Waals surface area contributed by atoms with Gasteiger partial charge in [0.2, 0.25) is 8.32 Å². The van der Waals surface area contributed by atoms with E-state index in [0.717, 1.165) is 10.2 Å². The van der Waals surface area contributed by atoms with E-state index in [2.05, 4.69) is 64.2 Å². The quantitative estimate of drug-likeness (QED) is 0.558. The molecule has 0 amide bonds. The zero-order chi connectivity index (χ0) is 10.1. The molecule has 0 aliphatic rings. The molecule has 0 atom stereocenters. The summed E-state index contributed by atoms with van der Waals surface area (Å²) in [6, 6.07) is 6.11. The molecule has 0 spiro atoms. The fourth-order valence-electron chi connectivity index (χ4n) is 0.885. The predicted octanol–water partition coefficient (Wildman–Crippen LogP) is 4.27. The highest BCUT2D eigenvalue weighted by atomic mass is 127. The standard InChI is InChI=1S/C9H12BrIOSi/c1-13(2,3)12-9-6-7(10)4-5-8(9)11/h4-6H,1-3H3. The highest BCUT2D eigenvalue weighted by Crippen LogP contribution is 2.27. The SMILES string of the molecule is C[Si](C)(C)Oc1cc(Br)ccc1I. The Hall–Kier alpha value is 0.447. The molecular formula is C9H12BrIOSi. The van der Waals surface area contributed by atoms with Crippen molar-refractivity contribution in [2.45, 2.75) is 19.6 Å². The molecule has 0 aromatic heterocycles. The van der Waals surface area contributed by atoms with Crippen molar-refractivity contribution in [2.75, 3.05) is 0 Å². The van der Waals surface area contributed by atoms with Crippen LogP contribution in [0, 0.1) is 3.57 Å². The lowest BCUT2D eigenvalue weighted by Gasteiger charge is -2.20. The summed E-state index contributed by atoms with van der Waals surface area (Å²) in [6.07, 6.45) is 0. The van der Waals surface area contributed by atoms with E-state index in [1.165, 1.54) is 3.57 Å². The lowest BCUT2D eigenvalue weighted by molar-refractivity contribution is 0.553. The van der Waals surface area contributed by atoms with E-state index in [1.807, 2.05) is 12.1 Å². The summed E-state index contributed by atoms with van der Waals surface area (Å²) < 4.78 is 8.15. The van der Waals surface area contributed by atoms with Crippen molar-refractivity contribution in [3.05, 3.63) is 26.2 Å². The number of benzene rings is 1. The van der Waals surface area contributed by atoms with Crippen LogP contribution < -0.4 is 4.43 Å². The maximum absolute atomic E-state index is 5.91. The van der Waals surface area contributed by atoms with Crippen LogP contribution in [0.5, 0.6) is 5.75 Å². The monoisotopic (exact) mass is 370 g/mol. The van der Waals surface area contributed by atoms with Crippen LogP contribution in [0.25, 0.3) is 0 Å². The second-order valence-corrected chi connectivity index (χ2v) is 10.3. The Labute approximate surface area is 102 Å². The van der Waals surface area contributed by atoms with Gasteiger partial charge in [-0.2, -0.15) is 0 Å². The third-order valence-electron chi connectivity index (χ3n) is 1.31. The molecule has 1 aromatic rings. The fraction of sp³-hybridized carbons (Fsp3) is 0.333. The van der Waals surface area contributed by atoms with E-state index in [9.17, 15) is 0 Å². The van der Waals surface area contributed by atoms with Gasteiger partial charge in [0, 0.05) is 4.47 Å². The first-order valence-electron chi connectivity index (χ1n) is 4.02. The van der Waals surface area contributed by atoms with E-state index in [0.29, 0.717) is 0 Å². The third kappa shape index (κ3) is 3.99. The van der Waals surface area contributed by atoms with Crippen molar-refractivity contribution in [1.82, 2.24) is 0 Å². The molecule has 1 aromatic carbocycles. The number of rotatable bonds is 2. The topological polar surface area (TPSA) is 9.23 Å². The smallest absolute Gasteiger partial charge is 0.242 e. The van der Waals surface area contributed by atoms with Crippen LogP contribution in [0.15, 0.2) is 22.7 Å². The number of hydrogen-bond donors (Lipinski definition) is 0. The van der Waals surface area contributed by atoms with Crippen LogP contribution >= 0.6 is 38.5 Å². The number of hydrogen-bond acceptors (Lipinski definition) is 1. The van der Waals surface area contributed by atoms with Gasteiger partial charge in [0.15, 0.2) is 0 Å². The molecule has 0 radical (unpaired) electrons. The van der Waals surface area contributed by atoms with E-state index in [1.54, 1.807) is 0 Å². The molecule has 0 aliphatic carbocycles. The van der Waals surface area contributed by atoms with Gasteiger partial charge in [0.05, 0.1) is 3.57 Å². The van der Waals surface area contributed by atoms with Gasteiger partial charge >= 0.3 is 0 Å². The Bertz CT molecular complexity index is 309. The molecule has 1 rings (SSSR count). The van der Waals surface area contributed by atoms with E-state index in [4.69, 9.17) is 4.43 Å². The van der Waals surface area contributed by atoms with Crippen molar-refractivity contribution >= 4 is 46.8 Å². The van der Waals surface area contributed by atoms with E-state index in [-0.39, 0.29) is 0 Å².